The molecule has 0 bridgehead atoms. The van der Waals surface area contributed by atoms with Gasteiger partial charge in [0.25, 0.3) is 0 Å². The molecule has 2 saturated carbocycles. The van der Waals surface area contributed by atoms with Crippen LogP contribution in [-0.4, -0.2) is 65.5 Å². The average molecular weight is 1090 g/mol. The molecule has 2 aliphatic carbocycles. The molecule has 11 rings (SSSR count). The molecule has 2 spiro atoms. The van der Waals surface area contributed by atoms with Gasteiger partial charge in [0.05, 0.1) is 60.9 Å². The second-order valence-electron chi connectivity index (χ2n) is 24.1. The number of fused-ring (bicyclic) bond motifs is 2. The van der Waals surface area contributed by atoms with Gasteiger partial charge in [-0.15, -0.1) is 0 Å². The Labute approximate surface area is 461 Å². The van der Waals surface area contributed by atoms with Crippen LogP contribution in [-0.2, 0) is 41.1 Å². The molecule has 5 aliphatic rings. The fourth-order valence-electron chi connectivity index (χ4n) is 12.3. The van der Waals surface area contributed by atoms with Gasteiger partial charge < -0.3 is 37.4 Å². The molecule has 4 aromatic carbocycles. The van der Waals surface area contributed by atoms with Crippen LogP contribution in [0.3, 0.4) is 0 Å². The van der Waals surface area contributed by atoms with Crippen LogP contribution in [0.2, 0.25) is 0 Å². The average Bonchev–Trinajstić information content (AvgIpc) is 4.22. The first kappa shape index (κ1) is 56.0. The van der Waals surface area contributed by atoms with Gasteiger partial charge >= 0.3 is 7.12 Å². The molecule has 10 nitrogen and oxygen atoms in total. The maximum atomic E-state index is 9.73. The smallest absolute Gasteiger partial charge is 0.399 e. The molecule has 3 aliphatic heterocycles. The highest BCUT2D eigenvalue weighted by Crippen LogP contribution is 2.46. The van der Waals surface area contributed by atoms with Gasteiger partial charge in [0.2, 0.25) is 0 Å². The summed E-state index contributed by atoms with van der Waals surface area (Å²) in [6.07, 6.45) is 14.6. The number of hydrogen-bond donors (Lipinski definition) is 0. The highest BCUT2D eigenvalue weighted by Gasteiger charge is 2.52. The van der Waals surface area contributed by atoms with Crippen LogP contribution in [0.1, 0.15) is 163 Å². The molecule has 0 atom stereocenters. The Hall–Kier alpha value is -4.76. The van der Waals surface area contributed by atoms with Crippen molar-refractivity contribution in [3.05, 3.63) is 122 Å². The number of hydrogen-bond acceptors (Lipinski definition) is 8. The first-order chi connectivity index (χ1) is 36.2. The Balaban J connectivity index is 0.000000145. The molecule has 5 heterocycles. The van der Waals surface area contributed by atoms with E-state index in [1.165, 1.54) is 55.3 Å². The summed E-state index contributed by atoms with van der Waals surface area (Å²) in [6.45, 7) is 28.8. The van der Waals surface area contributed by atoms with Gasteiger partial charge in [-0.25, -0.2) is 0 Å². The zero-order valence-corrected chi connectivity index (χ0v) is 48.9. The van der Waals surface area contributed by atoms with E-state index in [4.69, 9.17) is 28.3 Å². The Morgan fingerprint density at radius 3 is 1.50 bits per heavy atom. The monoisotopic (exact) mass is 1090 g/mol. The van der Waals surface area contributed by atoms with Crippen LogP contribution in [0.15, 0.2) is 77.5 Å². The predicted molar refractivity (Wildman–Crippen MR) is 309 cm³/mol. The number of aryl methyl sites for hydroxylation is 2. The lowest BCUT2D eigenvalue weighted by Gasteiger charge is -2.36. The number of aromatic nitrogens is 2. The molecular formula is C64H80BBrN4O6. The predicted octanol–water partition coefficient (Wildman–Crippen LogP) is 14.8. The zero-order chi connectivity index (χ0) is 54.3. The third-order valence-corrected chi connectivity index (χ3v) is 18.0. The van der Waals surface area contributed by atoms with Crippen LogP contribution >= 0.6 is 15.9 Å². The molecule has 0 radical (unpaired) electrons. The van der Waals surface area contributed by atoms with E-state index in [1.807, 2.05) is 19.9 Å². The van der Waals surface area contributed by atoms with Crippen molar-refractivity contribution < 1.29 is 28.3 Å². The fourth-order valence-corrected chi connectivity index (χ4v) is 12.8. The number of rotatable bonds is 8. The second-order valence-corrected chi connectivity index (χ2v) is 25.0. The largest absolute Gasteiger partial charge is 0.495 e. The van der Waals surface area contributed by atoms with Crippen molar-refractivity contribution >= 4 is 50.3 Å². The molecule has 3 saturated heterocycles. The summed E-state index contributed by atoms with van der Waals surface area (Å²) >= 11 is 3.65. The highest BCUT2D eigenvalue weighted by molar-refractivity contribution is 9.10. The van der Waals surface area contributed by atoms with Gasteiger partial charge in [0, 0.05) is 82.0 Å². The van der Waals surface area contributed by atoms with E-state index in [0.717, 1.165) is 110 Å². The van der Waals surface area contributed by atoms with E-state index in [2.05, 4.69) is 173 Å². The first-order valence-electron chi connectivity index (χ1n) is 28.0. The van der Waals surface area contributed by atoms with E-state index in [1.54, 1.807) is 0 Å². The maximum absolute atomic E-state index is 9.73. The van der Waals surface area contributed by atoms with Crippen LogP contribution < -0.4 is 5.46 Å². The SMILES string of the molecule is Cc1c(CC(C)C)cccc1B1OC(C)(C)C(C)(C)O1.Cc1cc2c(cc1C#N)c(-c1cccc(CC(C)C)c1C)cn2C1CCC2(CC1)OCCO2.Cc1cc2c(cc1C#N)c(Br)cn2C1CCC2(CC1)OCCO2. The number of nitriles is 2. The molecular weight excluding hydrogens is 1010 g/mol. The maximum Gasteiger partial charge on any atom is 0.495 e. The highest BCUT2D eigenvalue weighted by atomic mass is 79.9. The minimum Gasteiger partial charge on any atom is -0.399 e. The van der Waals surface area contributed by atoms with Crippen LogP contribution in [0.25, 0.3) is 32.9 Å². The normalized spacial score (nSPS) is 20.5. The zero-order valence-electron chi connectivity index (χ0n) is 47.3. The van der Waals surface area contributed by atoms with Crippen molar-refractivity contribution in [2.45, 2.75) is 182 Å². The van der Waals surface area contributed by atoms with Gasteiger partial charge in [-0.05, 0) is 190 Å². The van der Waals surface area contributed by atoms with Crippen LogP contribution in [0, 0.1) is 62.2 Å². The van der Waals surface area contributed by atoms with Gasteiger partial charge in [-0.2, -0.15) is 10.5 Å². The van der Waals surface area contributed by atoms with Crippen molar-refractivity contribution in [1.82, 2.24) is 9.13 Å². The molecule has 12 heteroatoms. The van der Waals surface area contributed by atoms with Crippen LogP contribution in [0.4, 0.5) is 0 Å². The summed E-state index contributed by atoms with van der Waals surface area (Å²) in [6, 6.07) is 27.1. The summed E-state index contributed by atoms with van der Waals surface area (Å²) in [5, 5.41) is 21.3. The fraction of sp³-hybridized carbons (Fsp3) is 0.531. The Bertz CT molecular complexity index is 3130. The third kappa shape index (κ3) is 11.4. The molecule has 6 aromatic rings. The summed E-state index contributed by atoms with van der Waals surface area (Å²) in [4.78, 5) is 0. The van der Waals surface area contributed by atoms with Crippen molar-refractivity contribution in [3.63, 3.8) is 0 Å². The summed E-state index contributed by atoms with van der Waals surface area (Å²) in [7, 11) is -0.257. The van der Waals surface area contributed by atoms with Crippen molar-refractivity contribution in [2.24, 2.45) is 11.8 Å². The Morgan fingerprint density at radius 2 is 1.03 bits per heavy atom. The number of benzene rings is 4. The van der Waals surface area contributed by atoms with E-state index in [-0.39, 0.29) is 29.9 Å². The first-order valence-corrected chi connectivity index (χ1v) is 28.8. The second kappa shape index (κ2) is 22.5. The number of ether oxygens (including phenoxy) is 4. The van der Waals surface area contributed by atoms with E-state index in [9.17, 15) is 10.5 Å². The van der Waals surface area contributed by atoms with E-state index in [0.29, 0.717) is 37.1 Å². The van der Waals surface area contributed by atoms with Crippen molar-refractivity contribution in [3.8, 4) is 23.3 Å². The molecule has 0 unspecified atom stereocenters. The Morgan fingerprint density at radius 1 is 0.592 bits per heavy atom. The van der Waals surface area contributed by atoms with E-state index >= 15 is 0 Å². The molecule has 5 fully saturated rings. The topological polar surface area (TPSA) is 113 Å². The summed E-state index contributed by atoms with van der Waals surface area (Å²) in [5.41, 5.74) is 14.6. The molecule has 76 heavy (non-hydrogen) atoms. The Kier molecular flexibility index (Phi) is 16.6. The third-order valence-electron chi connectivity index (χ3n) is 17.4. The number of halogens is 1. The molecule has 2 aromatic heterocycles. The molecule has 0 N–H and O–H groups in total. The molecule has 0 amide bonds. The quantitative estimate of drug-likeness (QED) is 0.139. The number of nitrogens with zero attached hydrogens (tertiary/aromatic N) is 4. The molecule has 402 valence electrons. The minimum absolute atomic E-state index is 0.257. The lowest BCUT2D eigenvalue weighted by molar-refractivity contribution is -0.181. The standard InChI is InChI=1S/C29H34N2O2.C18H19BrN2O2.C17H27BO2/c1-19(2)14-22-6-5-7-25(21(22)4)27-18-31(28-15-20(3)23(17-30)16-26(27)28)24-8-10-29(11-9-24)32-12-13-33-29;1-12-8-17-15(9-13(12)10-20)16(19)11-21(17)14-2-4-18(5-3-14)22-6-7-23-18;1-12(2)11-14-9-8-10-15(13(14)3)18-19-16(4,5)17(6,7)20-18/h5-7,15-16,18-19,24H,8-14H2,1-4H3;8-9,11,14H,2-7H2,1H3;8-10,12H,11H2,1-7H3. The van der Waals surface area contributed by atoms with Crippen molar-refractivity contribution in [2.75, 3.05) is 26.4 Å². The minimum atomic E-state index is -0.353. The van der Waals surface area contributed by atoms with Gasteiger partial charge in [-0.3, -0.25) is 0 Å². The van der Waals surface area contributed by atoms with Crippen molar-refractivity contribution in [1.29, 1.82) is 10.5 Å². The van der Waals surface area contributed by atoms with Gasteiger partial charge in [0.1, 0.15) is 0 Å². The summed E-state index contributed by atoms with van der Waals surface area (Å²) < 4.78 is 41.8. The lowest BCUT2D eigenvalue weighted by Crippen LogP contribution is -2.41. The van der Waals surface area contributed by atoms with Gasteiger partial charge in [0.15, 0.2) is 11.6 Å². The van der Waals surface area contributed by atoms with E-state index < -0.39 is 0 Å². The van der Waals surface area contributed by atoms with Crippen LogP contribution in [0.5, 0.6) is 0 Å². The summed E-state index contributed by atoms with van der Waals surface area (Å²) in [5.74, 6) is 0.596. The van der Waals surface area contributed by atoms with Gasteiger partial charge in [-0.1, -0.05) is 64.1 Å². The lowest BCUT2D eigenvalue weighted by atomic mass is 9.74.